The van der Waals surface area contributed by atoms with Crippen LogP contribution in [-0.4, -0.2) is 24.0 Å². The molecule has 0 aliphatic carbocycles. The summed E-state index contributed by atoms with van der Waals surface area (Å²) < 4.78 is 9.95. The first-order valence-corrected chi connectivity index (χ1v) is 8.03. The molecule has 1 amide bonds. The van der Waals surface area contributed by atoms with Crippen LogP contribution in [0.3, 0.4) is 0 Å². The molecule has 2 aromatic heterocycles. The third-order valence-electron chi connectivity index (χ3n) is 3.10. The molecule has 24 heavy (non-hydrogen) atoms. The maximum Gasteiger partial charge on any atom is 0.340 e. The van der Waals surface area contributed by atoms with Crippen molar-refractivity contribution in [3.63, 3.8) is 0 Å². The van der Waals surface area contributed by atoms with Crippen molar-refractivity contribution >= 4 is 40.5 Å². The molecule has 0 saturated heterocycles. The van der Waals surface area contributed by atoms with E-state index >= 15 is 0 Å². The number of methoxy groups -OCH3 is 1. The summed E-state index contributed by atoms with van der Waals surface area (Å²) in [6.07, 6.45) is 1.53. The molecule has 0 aliphatic rings. The third kappa shape index (κ3) is 3.32. The Morgan fingerprint density at radius 3 is 2.88 bits per heavy atom. The summed E-state index contributed by atoms with van der Waals surface area (Å²) in [7, 11) is 1.25. The van der Waals surface area contributed by atoms with Gasteiger partial charge in [0.1, 0.15) is 5.69 Å². The van der Waals surface area contributed by atoms with Crippen LogP contribution < -0.4 is 5.32 Å². The van der Waals surface area contributed by atoms with Gasteiger partial charge in [0.25, 0.3) is 5.91 Å². The van der Waals surface area contributed by atoms with Gasteiger partial charge in [-0.15, -0.1) is 11.3 Å². The normalized spacial score (nSPS) is 10.4. The van der Waals surface area contributed by atoms with Gasteiger partial charge in [0.05, 0.1) is 24.6 Å². The fourth-order valence-electron chi connectivity index (χ4n) is 1.98. The van der Waals surface area contributed by atoms with Gasteiger partial charge in [0, 0.05) is 10.4 Å². The number of thiazole rings is 1. The molecule has 3 aromatic rings. The first-order valence-electron chi connectivity index (χ1n) is 6.77. The molecule has 1 N–H and O–H groups in total. The number of nitrogens with zero attached hydrogens (tertiary/aromatic N) is 1. The molecule has 0 saturated carbocycles. The number of furan rings is 1. The maximum atomic E-state index is 12.4. The van der Waals surface area contributed by atoms with Gasteiger partial charge in [-0.1, -0.05) is 11.6 Å². The van der Waals surface area contributed by atoms with Gasteiger partial charge < -0.3 is 14.5 Å². The van der Waals surface area contributed by atoms with Crippen LogP contribution in [0.5, 0.6) is 0 Å². The molecule has 3 rings (SSSR count). The Morgan fingerprint density at radius 2 is 2.17 bits per heavy atom. The first-order chi connectivity index (χ1) is 11.6. The molecule has 0 atom stereocenters. The van der Waals surface area contributed by atoms with Crippen molar-refractivity contribution < 1.29 is 18.7 Å². The molecule has 0 spiro atoms. The summed E-state index contributed by atoms with van der Waals surface area (Å²) in [4.78, 5) is 28.4. The van der Waals surface area contributed by atoms with Crippen LogP contribution in [0.15, 0.2) is 46.4 Å². The van der Waals surface area contributed by atoms with Crippen LogP contribution in [-0.2, 0) is 4.74 Å². The van der Waals surface area contributed by atoms with Crippen LogP contribution in [0.4, 0.5) is 5.69 Å². The van der Waals surface area contributed by atoms with Crippen molar-refractivity contribution in [1.82, 2.24) is 4.98 Å². The predicted molar refractivity (Wildman–Crippen MR) is 90.6 cm³/mol. The molecule has 2 heterocycles. The van der Waals surface area contributed by atoms with E-state index in [0.29, 0.717) is 21.5 Å². The Bertz CT molecular complexity index is 889. The number of esters is 1. The minimum absolute atomic E-state index is 0.167. The standard InChI is InChI=1S/C16H11ClN2O4S/c1-22-16(21)10-7-9(17)4-5-11(10)18-14(20)12-8-24-15(19-12)13-3-2-6-23-13/h2-8H,1H3,(H,18,20). The lowest BCUT2D eigenvalue weighted by Crippen LogP contribution is -2.15. The average Bonchev–Trinajstić information content (AvgIpc) is 3.26. The number of hydrogen-bond acceptors (Lipinski definition) is 6. The number of ether oxygens (including phenoxy) is 1. The Labute approximate surface area is 146 Å². The highest BCUT2D eigenvalue weighted by atomic mass is 35.5. The lowest BCUT2D eigenvalue weighted by molar-refractivity contribution is 0.0602. The summed E-state index contributed by atoms with van der Waals surface area (Å²) in [5.74, 6) is -0.459. The molecule has 0 fully saturated rings. The molecule has 6 nitrogen and oxygen atoms in total. The smallest absolute Gasteiger partial charge is 0.340 e. The molecule has 0 unspecified atom stereocenters. The van der Waals surface area contributed by atoms with Crippen molar-refractivity contribution in [2.24, 2.45) is 0 Å². The Balaban J connectivity index is 1.84. The van der Waals surface area contributed by atoms with Gasteiger partial charge in [-0.2, -0.15) is 0 Å². The number of amides is 1. The SMILES string of the molecule is COC(=O)c1cc(Cl)ccc1NC(=O)c1csc(-c2ccco2)n1. The number of carbonyl (C=O) groups excluding carboxylic acids is 2. The van der Waals surface area contributed by atoms with E-state index in [1.165, 1.54) is 36.8 Å². The molecule has 1 aromatic carbocycles. The van der Waals surface area contributed by atoms with Gasteiger partial charge in [0.2, 0.25) is 0 Å². The Morgan fingerprint density at radius 1 is 1.33 bits per heavy atom. The highest BCUT2D eigenvalue weighted by Crippen LogP contribution is 2.26. The van der Waals surface area contributed by atoms with Gasteiger partial charge >= 0.3 is 5.97 Å². The highest BCUT2D eigenvalue weighted by Gasteiger charge is 2.18. The largest absolute Gasteiger partial charge is 0.465 e. The lowest BCUT2D eigenvalue weighted by Gasteiger charge is -2.09. The van der Waals surface area contributed by atoms with E-state index < -0.39 is 11.9 Å². The minimum Gasteiger partial charge on any atom is -0.465 e. The van der Waals surface area contributed by atoms with Crippen molar-refractivity contribution in [3.05, 3.63) is 58.3 Å². The first kappa shape index (κ1) is 16.2. The van der Waals surface area contributed by atoms with Gasteiger partial charge in [-0.05, 0) is 30.3 Å². The molecular weight excluding hydrogens is 352 g/mol. The van der Waals surface area contributed by atoms with Crippen LogP contribution in [0.2, 0.25) is 5.02 Å². The number of anilines is 1. The molecule has 8 heteroatoms. The maximum absolute atomic E-state index is 12.4. The van der Waals surface area contributed by atoms with E-state index in [1.807, 2.05) is 0 Å². The van der Waals surface area contributed by atoms with Gasteiger partial charge in [0.15, 0.2) is 10.8 Å². The van der Waals surface area contributed by atoms with Crippen LogP contribution in [0.1, 0.15) is 20.8 Å². The van der Waals surface area contributed by atoms with Crippen LogP contribution >= 0.6 is 22.9 Å². The second kappa shape index (κ2) is 6.86. The number of nitrogens with one attached hydrogen (secondary N) is 1. The quantitative estimate of drug-likeness (QED) is 0.707. The minimum atomic E-state index is -0.595. The monoisotopic (exact) mass is 362 g/mol. The number of hydrogen-bond donors (Lipinski definition) is 1. The molecule has 0 radical (unpaired) electrons. The summed E-state index contributed by atoms with van der Waals surface area (Å²) >= 11 is 7.18. The van der Waals surface area contributed by atoms with E-state index in [1.54, 1.807) is 23.6 Å². The zero-order chi connectivity index (χ0) is 17.1. The second-order valence-corrected chi connectivity index (χ2v) is 5.95. The van der Waals surface area contributed by atoms with Gasteiger partial charge in [-0.25, -0.2) is 9.78 Å². The molecular formula is C16H11ClN2O4S. The number of aromatic nitrogens is 1. The van der Waals surface area contributed by atoms with Crippen LogP contribution in [0, 0.1) is 0 Å². The van der Waals surface area contributed by atoms with E-state index in [4.69, 9.17) is 20.8 Å². The van der Waals surface area contributed by atoms with Crippen molar-refractivity contribution in [1.29, 1.82) is 0 Å². The summed E-state index contributed by atoms with van der Waals surface area (Å²) in [5, 5.41) is 5.21. The average molecular weight is 363 g/mol. The van der Waals surface area contributed by atoms with E-state index in [0.717, 1.165) is 0 Å². The summed E-state index contributed by atoms with van der Waals surface area (Å²) in [6.45, 7) is 0. The van der Waals surface area contributed by atoms with Gasteiger partial charge in [-0.3, -0.25) is 4.79 Å². The molecule has 122 valence electrons. The van der Waals surface area contributed by atoms with Crippen molar-refractivity contribution in [3.8, 4) is 10.8 Å². The summed E-state index contributed by atoms with van der Waals surface area (Å²) in [5.41, 5.74) is 0.681. The summed E-state index contributed by atoms with van der Waals surface area (Å²) in [6, 6.07) is 8.03. The second-order valence-electron chi connectivity index (χ2n) is 4.65. The lowest BCUT2D eigenvalue weighted by atomic mass is 10.1. The number of rotatable bonds is 4. The van der Waals surface area contributed by atoms with E-state index in [2.05, 4.69) is 10.3 Å². The van der Waals surface area contributed by atoms with E-state index in [9.17, 15) is 9.59 Å². The number of halogens is 1. The number of benzene rings is 1. The predicted octanol–water partition coefficient (Wildman–Crippen LogP) is 4.10. The highest BCUT2D eigenvalue weighted by molar-refractivity contribution is 7.13. The fraction of sp³-hybridized carbons (Fsp3) is 0.0625. The Kier molecular flexibility index (Phi) is 4.64. The zero-order valence-corrected chi connectivity index (χ0v) is 14.0. The topological polar surface area (TPSA) is 81.4 Å². The van der Waals surface area contributed by atoms with Crippen molar-refractivity contribution in [2.75, 3.05) is 12.4 Å². The van der Waals surface area contributed by atoms with E-state index in [-0.39, 0.29) is 11.3 Å². The molecule has 0 aliphatic heterocycles. The third-order valence-corrected chi connectivity index (χ3v) is 4.20. The fourth-order valence-corrected chi connectivity index (χ4v) is 2.92. The zero-order valence-electron chi connectivity index (χ0n) is 12.4. The number of carbonyl (C=O) groups is 2. The Hall–Kier alpha value is -2.64. The van der Waals surface area contributed by atoms with Crippen molar-refractivity contribution in [2.45, 2.75) is 0 Å². The van der Waals surface area contributed by atoms with Crippen LogP contribution in [0.25, 0.3) is 10.8 Å². The molecule has 0 bridgehead atoms.